The predicted molar refractivity (Wildman–Crippen MR) is 71.9 cm³/mol. The topological polar surface area (TPSA) is 37.8 Å². The lowest BCUT2D eigenvalue weighted by molar-refractivity contribution is 0.492. The van der Waals surface area contributed by atoms with Gasteiger partial charge < -0.3 is 5.32 Å². The van der Waals surface area contributed by atoms with Crippen molar-refractivity contribution in [2.75, 3.05) is 6.54 Å². The first-order valence-corrected chi connectivity index (χ1v) is 6.62. The van der Waals surface area contributed by atoms with E-state index in [4.69, 9.17) is 0 Å². The molecular formula is C14H25N3. The van der Waals surface area contributed by atoms with Gasteiger partial charge in [0.2, 0.25) is 0 Å². The molecule has 0 aliphatic heterocycles. The van der Waals surface area contributed by atoms with E-state index in [0.29, 0.717) is 6.04 Å². The maximum atomic E-state index is 4.38. The Kier molecular flexibility index (Phi) is 6.12. The molecule has 0 radical (unpaired) electrons. The van der Waals surface area contributed by atoms with E-state index >= 15 is 0 Å². The Morgan fingerprint density at radius 3 is 2.47 bits per heavy atom. The van der Waals surface area contributed by atoms with E-state index in [1.165, 1.54) is 19.3 Å². The molecule has 0 aromatic carbocycles. The Morgan fingerprint density at radius 2 is 1.82 bits per heavy atom. The minimum Gasteiger partial charge on any atom is -0.309 e. The fourth-order valence-electron chi connectivity index (χ4n) is 1.94. The summed E-state index contributed by atoms with van der Waals surface area (Å²) in [7, 11) is 0. The fraction of sp³-hybridized carbons (Fsp3) is 0.714. The van der Waals surface area contributed by atoms with Gasteiger partial charge in [-0.3, -0.25) is 9.97 Å². The number of rotatable bonds is 7. The Morgan fingerprint density at radius 1 is 1.12 bits per heavy atom. The minimum atomic E-state index is 0.294. The first kappa shape index (κ1) is 14.1. The molecule has 0 spiro atoms. The van der Waals surface area contributed by atoms with Crippen LogP contribution in [0.1, 0.15) is 57.5 Å². The summed E-state index contributed by atoms with van der Waals surface area (Å²) in [6, 6.07) is 0.294. The van der Waals surface area contributed by atoms with Crippen LogP contribution in [0.15, 0.2) is 12.4 Å². The van der Waals surface area contributed by atoms with Gasteiger partial charge in [-0.1, -0.05) is 26.7 Å². The monoisotopic (exact) mass is 235 g/mol. The molecule has 0 aliphatic carbocycles. The van der Waals surface area contributed by atoms with Crippen LogP contribution < -0.4 is 5.32 Å². The lowest BCUT2D eigenvalue weighted by atomic mass is 10.1. The molecule has 1 unspecified atom stereocenters. The largest absolute Gasteiger partial charge is 0.309 e. The summed E-state index contributed by atoms with van der Waals surface area (Å²) in [5.74, 6) is 0.814. The van der Waals surface area contributed by atoms with Gasteiger partial charge in [0.1, 0.15) is 0 Å². The summed E-state index contributed by atoms with van der Waals surface area (Å²) in [5.41, 5.74) is 2.09. The smallest absolute Gasteiger partial charge is 0.0782 e. The fourth-order valence-corrected chi connectivity index (χ4v) is 1.94. The van der Waals surface area contributed by atoms with Gasteiger partial charge >= 0.3 is 0 Å². The molecule has 0 fully saturated rings. The molecule has 1 N–H and O–H groups in total. The zero-order valence-electron chi connectivity index (χ0n) is 11.5. The van der Waals surface area contributed by atoms with E-state index in [-0.39, 0.29) is 0 Å². The quantitative estimate of drug-likeness (QED) is 0.737. The second-order valence-electron chi connectivity index (χ2n) is 5.09. The zero-order valence-corrected chi connectivity index (χ0v) is 11.5. The number of nitrogens with one attached hydrogen (secondary N) is 1. The molecule has 1 aromatic rings. The van der Waals surface area contributed by atoms with Gasteiger partial charge in [-0.2, -0.15) is 0 Å². The number of hydrogen-bond donors (Lipinski definition) is 1. The van der Waals surface area contributed by atoms with Crippen molar-refractivity contribution in [1.29, 1.82) is 0 Å². The predicted octanol–water partition coefficient (Wildman–Crippen LogP) is 3.26. The van der Waals surface area contributed by atoms with Gasteiger partial charge in [0.15, 0.2) is 0 Å². The molecule has 1 atom stereocenters. The van der Waals surface area contributed by atoms with Crippen molar-refractivity contribution in [3.05, 3.63) is 23.8 Å². The van der Waals surface area contributed by atoms with Crippen LogP contribution in [0, 0.1) is 12.8 Å². The van der Waals surface area contributed by atoms with E-state index in [0.717, 1.165) is 23.9 Å². The highest BCUT2D eigenvalue weighted by Gasteiger charge is 2.08. The van der Waals surface area contributed by atoms with Crippen molar-refractivity contribution in [3.8, 4) is 0 Å². The van der Waals surface area contributed by atoms with E-state index in [2.05, 4.69) is 36.1 Å². The summed E-state index contributed by atoms with van der Waals surface area (Å²) in [4.78, 5) is 8.65. The zero-order chi connectivity index (χ0) is 12.7. The molecule has 17 heavy (non-hydrogen) atoms. The third-order valence-corrected chi connectivity index (χ3v) is 2.99. The lowest BCUT2D eigenvalue weighted by Gasteiger charge is -2.14. The average Bonchev–Trinajstić information content (AvgIpc) is 2.28. The van der Waals surface area contributed by atoms with Gasteiger partial charge in [0.05, 0.1) is 11.4 Å². The molecule has 0 amide bonds. The molecule has 0 bridgehead atoms. The van der Waals surface area contributed by atoms with Gasteiger partial charge in [0, 0.05) is 18.4 Å². The summed E-state index contributed by atoms with van der Waals surface area (Å²) in [6.07, 6.45) is 7.37. The van der Waals surface area contributed by atoms with Crippen molar-refractivity contribution >= 4 is 0 Å². The normalized spacial score (nSPS) is 13.0. The van der Waals surface area contributed by atoms with Crippen LogP contribution in [0.3, 0.4) is 0 Å². The van der Waals surface area contributed by atoms with Crippen molar-refractivity contribution in [2.24, 2.45) is 5.92 Å². The molecule has 0 saturated heterocycles. The summed E-state index contributed by atoms with van der Waals surface area (Å²) in [5, 5.41) is 3.51. The summed E-state index contributed by atoms with van der Waals surface area (Å²) in [6.45, 7) is 9.78. The number of nitrogens with zero attached hydrogens (tertiary/aromatic N) is 2. The molecule has 3 heteroatoms. The van der Waals surface area contributed by atoms with E-state index < -0.39 is 0 Å². The summed E-state index contributed by atoms with van der Waals surface area (Å²) >= 11 is 0. The van der Waals surface area contributed by atoms with Crippen molar-refractivity contribution < 1.29 is 0 Å². The van der Waals surface area contributed by atoms with Crippen LogP contribution in [0.5, 0.6) is 0 Å². The molecule has 0 saturated carbocycles. The lowest BCUT2D eigenvalue weighted by Crippen LogP contribution is -2.22. The van der Waals surface area contributed by atoms with Crippen molar-refractivity contribution in [3.63, 3.8) is 0 Å². The second-order valence-corrected chi connectivity index (χ2v) is 5.09. The molecular weight excluding hydrogens is 210 g/mol. The van der Waals surface area contributed by atoms with Crippen LogP contribution in [0.25, 0.3) is 0 Å². The standard InChI is InChI=1S/C14H25N3/c1-11(2)7-5-6-8-15-12(3)14-13(4)16-9-10-17-14/h9-12,15H,5-8H2,1-4H3. The number of aromatic nitrogens is 2. The maximum Gasteiger partial charge on any atom is 0.0782 e. The van der Waals surface area contributed by atoms with E-state index in [9.17, 15) is 0 Å². The first-order valence-electron chi connectivity index (χ1n) is 6.62. The van der Waals surface area contributed by atoms with Crippen molar-refractivity contribution in [2.45, 2.75) is 53.0 Å². The Balaban J connectivity index is 2.26. The number of aryl methyl sites for hydroxylation is 1. The maximum absolute atomic E-state index is 4.38. The molecule has 3 nitrogen and oxygen atoms in total. The highest BCUT2D eigenvalue weighted by Crippen LogP contribution is 2.12. The van der Waals surface area contributed by atoms with Crippen LogP contribution >= 0.6 is 0 Å². The molecule has 1 rings (SSSR count). The third kappa shape index (κ3) is 5.26. The average molecular weight is 235 g/mol. The first-order chi connectivity index (χ1) is 8.11. The number of hydrogen-bond acceptors (Lipinski definition) is 3. The summed E-state index contributed by atoms with van der Waals surface area (Å²) < 4.78 is 0. The highest BCUT2D eigenvalue weighted by atomic mass is 14.9. The SMILES string of the molecule is Cc1nccnc1C(C)NCCCCC(C)C. The van der Waals surface area contributed by atoms with E-state index in [1.54, 1.807) is 12.4 Å². The minimum absolute atomic E-state index is 0.294. The van der Waals surface area contributed by atoms with Gasteiger partial charge in [-0.05, 0) is 32.7 Å². The van der Waals surface area contributed by atoms with Crippen LogP contribution in [-0.4, -0.2) is 16.5 Å². The van der Waals surface area contributed by atoms with Crippen LogP contribution in [-0.2, 0) is 0 Å². The van der Waals surface area contributed by atoms with Crippen molar-refractivity contribution in [1.82, 2.24) is 15.3 Å². The molecule has 0 aliphatic rings. The van der Waals surface area contributed by atoms with Gasteiger partial charge in [-0.15, -0.1) is 0 Å². The Bertz CT molecular complexity index is 323. The Hall–Kier alpha value is -0.960. The molecule has 1 aromatic heterocycles. The second kappa shape index (κ2) is 7.38. The Labute approximate surface area is 105 Å². The van der Waals surface area contributed by atoms with Gasteiger partial charge in [0.25, 0.3) is 0 Å². The van der Waals surface area contributed by atoms with Crippen LogP contribution in [0.2, 0.25) is 0 Å². The third-order valence-electron chi connectivity index (χ3n) is 2.99. The number of unbranched alkanes of at least 4 members (excludes halogenated alkanes) is 1. The van der Waals surface area contributed by atoms with Crippen LogP contribution in [0.4, 0.5) is 0 Å². The van der Waals surface area contributed by atoms with Gasteiger partial charge in [-0.25, -0.2) is 0 Å². The molecule has 96 valence electrons. The molecule has 1 heterocycles. The van der Waals surface area contributed by atoms with E-state index in [1.807, 2.05) is 6.92 Å². The highest BCUT2D eigenvalue weighted by molar-refractivity contribution is 5.12.